The molecule has 2 aromatic rings. The molecule has 3 rings (SSSR count). The Hall–Kier alpha value is -2.36. The SMILES string of the molecule is CC(C)Oc1ccc([C@@H]2CCCN2C(=O)c2ccccc2)cn1. The number of aromatic nitrogens is 1. The Morgan fingerprint density at radius 1 is 1.22 bits per heavy atom. The van der Waals surface area contributed by atoms with Crippen LogP contribution in [0.2, 0.25) is 0 Å². The highest BCUT2D eigenvalue weighted by molar-refractivity contribution is 5.94. The molecular weight excluding hydrogens is 288 g/mol. The van der Waals surface area contributed by atoms with E-state index in [1.54, 1.807) is 0 Å². The predicted octanol–water partition coefficient (Wildman–Crippen LogP) is 3.85. The van der Waals surface area contributed by atoms with Crippen molar-refractivity contribution in [3.63, 3.8) is 0 Å². The fourth-order valence-corrected chi connectivity index (χ4v) is 3.00. The highest BCUT2D eigenvalue weighted by atomic mass is 16.5. The van der Waals surface area contributed by atoms with Gasteiger partial charge in [0.25, 0.3) is 5.91 Å². The molecule has 1 fully saturated rings. The van der Waals surface area contributed by atoms with Gasteiger partial charge in [0.05, 0.1) is 12.1 Å². The van der Waals surface area contributed by atoms with Gasteiger partial charge in [0.15, 0.2) is 0 Å². The molecule has 23 heavy (non-hydrogen) atoms. The van der Waals surface area contributed by atoms with Crippen molar-refractivity contribution in [2.24, 2.45) is 0 Å². The van der Waals surface area contributed by atoms with E-state index in [9.17, 15) is 4.79 Å². The fourth-order valence-electron chi connectivity index (χ4n) is 3.00. The maximum absolute atomic E-state index is 12.7. The highest BCUT2D eigenvalue weighted by Crippen LogP contribution is 2.33. The first-order valence-corrected chi connectivity index (χ1v) is 8.14. The second-order valence-corrected chi connectivity index (χ2v) is 6.12. The quantitative estimate of drug-likeness (QED) is 0.861. The molecule has 0 bridgehead atoms. The number of pyridine rings is 1. The molecule has 1 saturated heterocycles. The molecule has 0 unspecified atom stereocenters. The van der Waals surface area contributed by atoms with Crippen LogP contribution in [0.25, 0.3) is 0 Å². The molecule has 4 heteroatoms. The van der Waals surface area contributed by atoms with Crippen LogP contribution < -0.4 is 4.74 Å². The van der Waals surface area contributed by atoms with Crippen molar-refractivity contribution in [3.8, 4) is 5.88 Å². The third kappa shape index (κ3) is 3.52. The van der Waals surface area contributed by atoms with E-state index >= 15 is 0 Å². The summed E-state index contributed by atoms with van der Waals surface area (Å²) in [6.45, 7) is 4.75. The molecule has 1 aliphatic rings. The second-order valence-electron chi connectivity index (χ2n) is 6.12. The lowest BCUT2D eigenvalue weighted by molar-refractivity contribution is 0.0735. The summed E-state index contributed by atoms with van der Waals surface area (Å²) in [5.41, 5.74) is 1.81. The molecule has 0 radical (unpaired) electrons. The third-order valence-corrected chi connectivity index (χ3v) is 4.03. The van der Waals surface area contributed by atoms with Crippen molar-refractivity contribution in [2.45, 2.75) is 38.8 Å². The van der Waals surface area contributed by atoms with Crippen molar-refractivity contribution in [1.82, 2.24) is 9.88 Å². The molecule has 0 N–H and O–H groups in total. The number of hydrogen-bond acceptors (Lipinski definition) is 3. The first kappa shape index (κ1) is 15.5. The van der Waals surface area contributed by atoms with Crippen LogP contribution in [-0.2, 0) is 0 Å². The van der Waals surface area contributed by atoms with Crippen LogP contribution in [0.15, 0.2) is 48.7 Å². The number of benzene rings is 1. The van der Waals surface area contributed by atoms with Gasteiger partial charge in [-0.2, -0.15) is 0 Å². The van der Waals surface area contributed by atoms with E-state index in [2.05, 4.69) is 4.98 Å². The summed E-state index contributed by atoms with van der Waals surface area (Å²) in [4.78, 5) is 19.0. The normalized spacial score (nSPS) is 17.5. The Kier molecular flexibility index (Phi) is 4.60. The molecule has 1 aromatic heterocycles. The zero-order chi connectivity index (χ0) is 16.2. The number of nitrogens with zero attached hydrogens (tertiary/aromatic N) is 2. The number of amides is 1. The summed E-state index contributed by atoms with van der Waals surface area (Å²) in [6, 6.07) is 13.5. The van der Waals surface area contributed by atoms with Crippen LogP contribution in [-0.4, -0.2) is 28.4 Å². The molecule has 0 saturated carbocycles. The average Bonchev–Trinajstić information content (AvgIpc) is 3.05. The zero-order valence-corrected chi connectivity index (χ0v) is 13.6. The van der Waals surface area contributed by atoms with E-state index < -0.39 is 0 Å². The van der Waals surface area contributed by atoms with Gasteiger partial charge >= 0.3 is 0 Å². The molecular formula is C19H22N2O2. The lowest BCUT2D eigenvalue weighted by Gasteiger charge is -2.25. The Morgan fingerprint density at radius 2 is 2.00 bits per heavy atom. The summed E-state index contributed by atoms with van der Waals surface area (Å²) >= 11 is 0. The maximum atomic E-state index is 12.7. The van der Waals surface area contributed by atoms with Gasteiger partial charge in [-0.1, -0.05) is 24.3 Å². The van der Waals surface area contributed by atoms with Gasteiger partial charge in [0, 0.05) is 24.4 Å². The summed E-state index contributed by atoms with van der Waals surface area (Å²) in [6.07, 6.45) is 3.94. The van der Waals surface area contributed by atoms with Crippen LogP contribution in [0.5, 0.6) is 5.88 Å². The van der Waals surface area contributed by atoms with E-state index in [-0.39, 0.29) is 18.1 Å². The molecule has 4 nitrogen and oxygen atoms in total. The van der Waals surface area contributed by atoms with Crippen LogP contribution in [0.3, 0.4) is 0 Å². The van der Waals surface area contributed by atoms with Crippen molar-refractivity contribution in [3.05, 3.63) is 59.8 Å². The first-order valence-electron chi connectivity index (χ1n) is 8.14. The largest absolute Gasteiger partial charge is 0.475 e. The van der Waals surface area contributed by atoms with E-state index in [1.807, 2.05) is 67.4 Å². The van der Waals surface area contributed by atoms with Gasteiger partial charge in [-0.15, -0.1) is 0 Å². The van der Waals surface area contributed by atoms with E-state index in [4.69, 9.17) is 4.74 Å². The van der Waals surface area contributed by atoms with E-state index in [1.165, 1.54) is 0 Å². The number of rotatable bonds is 4. The highest BCUT2D eigenvalue weighted by Gasteiger charge is 2.30. The van der Waals surface area contributed by atoms with Gasteiger partial charge in [-0.25, -0.2) is 4.98 Å². The Bertz CT molecular complexity index is 653. The standard InChI is InChI=1S/C19H22N2O2/c1-14(2)23-18-11-10-16(13-20-18)17-9-6-12-21(17)19(22)15-7-4-3-5-8-15/h3-5,7-8,10-11,13-14,17H,6,9,12H2,1-2H3/t17-/m0/s1. The van der Waals surface area contributed by atoms with Crippen molar-refractivity contribution >= 4 is 5.91 Å². The third-order valence-electron chi connectivity index (χ3n) is 4.03. The van der Waals surface area contributed by atoms with Crippen LogP contribution in [0.4, 0.5) is 0 Å². The Morgan fingerprint density at radius 3 is 2.65 bits per heavy atom. The number of carbonyl (C=O) groups is 1. The maximum Gasteiger partial charge on any atom is 0.254 e. The molecule has 0 aliphatic carbocycles. The molecule has 1 aliphatic heterocycles. The summed E-state index contributed by atoms with van der Waals surface area (Å²) in [5, 5.41) is 0. The lowest BCUT2D eigenvalue weighted by atomic mass is 10.1. The number of hydrogen-bond donors (Lipinski definition) is 0. The summed E-state index contributed by atoms with van der Waals surface area (Å²) in [7, 11) is 0. The van der Waals surface area contributed by atoms with Crippen LogP contribution in [0, 0.1) is 0 Å². The summed E-state index contributed by atoms with van der Waals surface area (Å²) < 4.78 is 5.58. The van der Waals surface area contributed by atoms with E-state index in [0.29, 0.717) is 5.88 Å². The predicted molar refractivity (Wildman–Crippen MR) is 89.5 cm³/mol. The summed E-state index contributed by atoms with van der Waals surface area (Å²) in [5.74, 6) is 0.721. The minimum Gasteiger partial charge on any atom is -0.475 e. The van der Waals surface area contributed by atoms with Gasteiger partial charge in [-0.3, -0.25) is 4.79 Å². The van der Waals surface area contributed by atoms with Gasteiger partial charge in [0.2, 0.25) is 5.88 Å². The monoisotopic (exact) mass is 310 g/mol. The molecule has 0 spiro atoms. The molecule has 2 heterocycles. The van der Waals surface area contributed by atoms with Gasteiger partial charge in [-0.05, 0) is 44.4 Å². The Balaban J connectivity index is 1.77. The fraction of sp³-hybridized carbons (Fsp3) is 0.368. The molecule has 1 amide bonds. The number of likely N-dealkylation sites (tertiary alicyclic amines) is 1. The van der Waals surface area contributed by atoms with Crippen LogP contribution >= 0.6 is 0 Å². The minimum absolute atomic E-state index is 0.0932. The molecule has 1 atom stereocenters. The topological polar surface area (TPSA) is 42.4 Å². The van der Waals surface area contributed by atoms with Crippen molar-refractivity contribution in [1.29, 1.82) is 0 Å². The first-order chi connectivity index (χ1) is 11.1. The number of carbonyl (C=O) groups excluding carboxylic acids is 1. The molecule has 120 valence electrons. The van der Waals surface area contributed by atoms with Crippen LogP contribution in [0.1, 0.15) is 48.7 Å². The smallest absolute Gasteiger partial charge is 0.254 e. The van der Waals surface area contributed by atoms with Gasteiger partial charge < -0.3 is 9.64 Å². The van der Waals surface area contributed by atoms with E-state index in [0.717, 1.165) is 30.5 Å². The average molecular weight is 310 g/mol. The van der Waals surface area contributed by atoms with Crippen molar-refractivity contribution < 1.29 is 9.53 Å². The minimum atomic E-state index is 0.0932. The lowest BCUT2D eigenvalue weighted by Crippen LogP contribution is -2.30. The second kappa shape index (κ2) is 6.82. The molecule has 1 aromatic carbocycles. The Labute approximate surface area is 137 Å². The van der Waals surface area contributed by atoms with Crippen molar-refractivity contribution in [2.75, 3.05) is 6.54 Å². The van der Waals surface area contributed by atoms with Gasteiger partial charge in [0.1, 0.15) is 0 Å². The zero-order valence-electron chi connectivity index (χ0n) is 13.6. The number of ether oxygens (including phenoxy) is 1.